The summed E-state index contributed by atoms with van der Waals surface area (Å²) in [7, 11) is 0. The molecular weight excluding hydrogens is 355 g/mol. The normalized spacial score (nSPS) is 21.1. The molecule has 2 nitrogen and oxygen atoms in total. The summed E-state index contributed by atoms with van der Waals surface area (Å²) >= 11 is -1.91. The zero-order valence-electron chi connectivity index (χ0n) is 14.0. The molecule has 0 bridgehead atoms. The van der Waals surface area contributed by atoms with Crippen LogP contribution in [0.2, 0.25) is 14.8 Å². The van der Waals surface area contributed by atoms with Crippen LogP contribution >= 0.6 is 0 Å². The number of carbonyl (C=O) groups is 1. The molecule has 1 aliphatic carbocycles. The maximum absolute atomic E-state index is 12.1. The zero-order valence-corrected chi connectivity index (χ0v) is 16.8. The first kappa shape index (κ1) is 17.8. The van der Waals surface area contributed by atoms with Crippen LogP contribution in [0.4, 0.5) is 0 Å². The molecule has 1 atom stereocenters. The van der Waals surface area contributed by atoms with Crippen molar-refractivity contribution >= 4 is 24.2 Å². The van der Waals surface area contributed by atoms with Crippen LogP contribution in [-0.4, -0.2) is 30.8 Å². The van der Waals surface area contributed by atoms with E-state index in [1.807, 2.05) is 0 Å². The van der Waals surface area contributed by atoms with E-state index < -0.39 is 18.4 Å². The molecule has 0 aromatic carbocycles. The van der Waals surface area contributed by atoms with Crippen molar-refractivity contribution in [1.82, 2.24) is 0 Å². The van der Waals surface area contributed by atoms with Crippen molar-refractivity contribution in [3.05, 3.63) is 21.5 Å². The number of carbonyl (C=O) groups excluding carboxylic acids is 1. The Morgan fingerprint density at radius 3 is 2.60 bits per heavy atom. The Morgan fingerprint density at radius 1 is 1.45 bits per heavy atom. The minimum absolute atomic E-state index is 0.171. The Balaban J connectivity index is 2.55. The molecule has 0 N–H and O–H groups in total. The molecule has 0 saturated carbocycles. The second kappa shape index (κ2) is 7.67. The van der Waals surface area contributed by atoms with Gasteiger partial charge < -0.3 is 0 Å². The maximum atomic E-state index is 12.1. The summed E-state index contributed by atoms with van der Waals surface area (Å²) < 4.78 is 7.25. The topological polar surface area (TPSA) is 26.3 Å². The molecule has 0 heterocycles. The van der Waals surface area contributed by atoms with Gasteiger partial charge >= 0.3 is 128 Å². The van der Waals surface area contributed by atoms with E-state index in [4.69, 9.17) is 4.74 Å². The molecule has 0 spiro atoms. The number of allylic oxidation sites excluding steroid dienone is 4. The summed E-state index contributed by atoms with van der Waals surface area (Å²) in [4.78, 5) is 19.4. The molecule has 1 aliphatic rings. The fraction of sp³-hybridized carbons (Fsp3) is 0.706. The first-order valence-electron chi connectivity index (χ1n) is 7.74. The van der Waals surface area contributed by atoms with E-state index in [0.29, 0.717) is 12.5 Å². The number of hydrogen-bond acceptors (Lipinski definition) is 2. The van der Waals surface area contributed by atoms with Crippen LogP contribution in [0.25, 0.3) is 0 Å². The van der Waals surface area contributed by atoms with E-state index >= 15 is 0 Å². The van der Waals surface area contributed by atoms with Crippen LogP contribution in [0.5, 0.6) is 0 Å². The Hall–Kier alpha value is -0.251. The Bertz CT molecular complexity index is 400. The van der Waals surface area contributed by atoms with Crippen molar-refractivity contribution in [3.8, 4) is 0 Å². The van der Waals surface area contributed by atoms with Gasteiger partial charge in [-0.3, -0.25) is 0 Å². The van der Waals surface area contributed by atoms with E-state index in [1.165, 1.54) is 0 Å². The first-order chi connectivity index (χ1) is 9.20. The summed E-state index contributed by atoms with van der Waals surface area (Å²) in [5, 5.41) is 0. The summed E-state index contributed by atoms with van der Waals surface area (Å²) in [5.74, 6) is 1.82. The van der Waals surface area contributed by atoms with Crippen LogP contribution in [0.3, 0.4) is 0 Å². The van der Waals surface area contributed by atoms with Crippen LogP contribution in [0.1, 0.15) is 40.0 Å². The van der Waals surface area contributed by atoms with Crippen molar-refractivity contribution in [1.29, 1.82) is 0 Å². The molecule has 1 unspecified atom stereocenters. The molecule has 0 aromatic heterocycles. The fourth-order valence-corrected chi connectivity index (χ4v) is 4.14. The Morgan fingerprint density at radius 2 is 2.10 bits per heavy atom. The van der Waals surface area contributed by atoms with Gasteiger partial charge in [0.1, 0.15) is 0 Å². The van der Waals surface area contributed by atoms with E-state index in [2.05, 4.69) is 41.7 Å². The van der Waals surface area contributed by atoms with E-state index in [0.717, 1.165) is 25.0 Å². The number of hydrogen-bond donors (Lipinski definition) is 0. The van der Waals surface area contributed by atoms with Gasteiger partial charge in [0, 0.05) is 0 Å². The summed E-state index contributed by atoms with van der Waals surface area (Å²) in [5.41, 5.74) is 0. The van der Waals surface area contributed by atoms with Crippen molar-refractivity contribution in [2.24, 2.45) is 11.8 Å². The molecule has 0 amide bonds. The number of rotatable bonds is 6. The number of ketones is 1. The van der Waals surface area contributed by atoms with Crippen LogP contribution in [0, 0.1) is 11.8 Å². The third kappa shape index (κ3) is 6.02. The Kier molecular flexibility index (Phi) is 6.83. The van der Waals surface area contributed by atoms with E-state index in [1.54, 1.807) is 9.67 Å². The summed E-state index contributed by atoms with van der Waals surface area (Å²) in [6.07, 6.45) is 6.82. The summed E-state index contributed by atoms with van der Waals surface area (Å²) in [6, 6.07) is 0. The van der Waals surface area contributed by atoms with Gasteiger partial charge in [0.15, 0.2) is 0 Å². The van der Waals surface area contributed by atoms with Gasteiger partial charge in [0.25, 0.3) is 0 Å². The van der Waals surface area contributed by atoms with Gasteiger partial charge in [-0.15, -0.1) is 0 Å². The van der Waals surface area contributed by atoms with Gasteiger partial charge in [0.2, 0.25) is 0 Å². The van der Waals surface area contributed by atoms with Gasteiger partial charge in [0.05, 0.1) is 0 Å². The van der Waals surface area contributed by atoms with Crippen molar-refractivity contribution in [2.75, 3.05) is 6.61 Å². The predicted molar refractivity (Wildman–Crippen MR) is 88.3 cm³/mol. The van der Waals surface area contributed by atoms with Gasteiger partial charge in [-0.1, -0.05) is 0 Å². The average Bonchev–Trinajstić information content (AvgIpc) is 2.33. The molecule has 0 aromatic rings. The Labute approximate surface area is 128 Å². The molecule has 0 aliphatic heterocycles. The van der Waals surface area contributed by atoms with Crippen molar-refractivity contribution < 1.29 is 9.53 Å². The minimum atomic E-state index is -1.91. The van der Waals surface area contributed by atoms with Crippen LogP contribution in [-0.2, 0) is 9.53 Å². The predicted octanol–water partition coefficient (Wildman–Crippen LogP) is 4.74. The molecule has 114 valence electrons. The second-order valence-electron chi connectivity index (χ2n) is 7.33. The summed E-state index contributed by atoms with van der Waals surface area (Å²) in [6.45, 7) is 7.21. The average molecular weight is 385 g/mol. The third-order valence-corrected chi connectivity index (χ3v) is 11.3. The van der Waals surface area contributed by atoms with Gasteiger partial charge in [-0.25, -0.2) is 0 Å². The molecule has 0 fully saturated rings. The van der Waals surface area contributed by atoms with E-state index in [9.17, 15) is 4.79 Å². The third-order valence-electron chi connectivity index (χ3n) is 3.94. The quantitative estimate of drug-likeness (QED) is 0.618. The van der Waals surface area contributed by atoms with Crippen molar-refractivity contribution in [2.45, 2.75) is 54.9 Å². The monoisotopic (exact) mass is 386 g/mol. The van der Waals surface area contributed by atoms with E-state index in [-0.39, 0.29) is 11.7 Å². The molecular formula is C17H30O2Sn. The van der Waals surface area contributed by atoms with Crippen LogP contribution in [0.15, 0.2) is 21.5 Å². The second-order valence-corrected chi connectivity index (χ2v) is 22.4. The van der Waals surface area contributed by atoms with Crippen molar-refractivity contribution in [3.63, 3.8) is 0 Å². The number of ether oxygens (including phenoxy) is 1. The molecule has 1 rings (SSSR count). The fourth-order valence-electron chi connectivity index (χ4n) is 2.05. The van der Waals surface area contributed by atoms with Gasteiger partial charge in [-0.05, 0) is 0 Å². The SMILES string of the molecule is C/[C](=C/CC1CCC(OCC(C)C)=CC1=O)[Sn]([CH3])([CH3])[CH3]. The molecule has 0 radical (unpaired) electrons. The molecule has 3 heteroatoms. The van der Waals surface area contributed by atoms with Gasteiger partial charge in [-0.2, -0.15) is 0 Å². The first-order valence-corrected chi connectivity index (χ1v) is 17.7. The zero-order chi connectivity index (χ0) is 15.3. The standard InChI is InChI=1S/C14H21O2.3CH3.Sn/c1-4-5-6-12-7-8-13(9-14(12)15)16-10-11(2)3;;;;/h5,9,11-12H,6-8,10H2,1-3H3;3*1H3;. The van der Waals surface area contributed by atoms with Crippen LogP contribution < -0.4 is 0 Å². The molecule has 0 saturated heterocycles. The molecule has 20 heavy (non-hydrogen) atoms.